The van der Waals surface area contributed by atoms with Crippen LogP contribution in [0.5, 0.6) is 0 Å². The van der Waals surface area contributed by atoms with Gasteiger partial charge in [0.15, 0.2) is 0 Å². The first-order chi connectivity index (χ1) is 8.22. The molecule has 17 heavy (non-hydrogen) atoms. The molecule has 0 bridgehead atoms. The Balaban J connectivity index is 1.93. The van der Waals surface area contributed by atoms with Crippen LogP contribution in [0.3, 0.4) is 0 Å². The Labute approximate surface area is 105 Å². The van der Waals surface area contributed by atoms with Crippen LogP contribution >= 0.6 is 11.5 Å². The molecule has 6 heteroatoms. The van der Waals surface area contributed by atoms with Crippen molar-refractivity contribution in [1.29, 1.82) is 0 Å². The summed E-state index contributed by atoms with van der Waals surface area (Å²) in [5, 5.41) is 3.88. The Morgan fingerprint density at radius 3 is 2.76 bits per heavy atom. The second-order valence-electron chi connectivity index (χ2n) is 4.50. The highest BCUT2D eigenvalue weighted by Crippen LogP contribution is 2.22. The van der Waals surface area contributed by atoms with Crippen molar-refractivity contribution in [3.63, 3.8) is 0 Å². The Bertz CT molecular complexity index is 385. The molecule has 0 aromatic carbocycles. The van der Waals surface area contributed by atoms with E-state index in [2.05, 4.69) is 9.59 Å². The van der Waals surface area contributed by atoms with Gasteiger partial charge in [0.05, 0.1) is 5.69 Å². The van der Waals surface area contributed by atoms with Gasteiger partial charge in [-0.1, -0.05) is 4.49 Å². The fourth-order valence-electron chi connectivity index (χ4n) is 2.23. The molecule has 1 aromatic rings. The van der Waals surface area contributed by atoms with Crippen LogP contribution < -0.4 is 5.73 Å². The lowest BCUT2D eigenvalue weighted by Crippen LogP contribution is -2.38. The number of nitrogens with two attached hydrogens (primary N) is 1. The van der Waals surface area contributed by atoms with Gasteiger partial charge in [0.25, 0.3) is 5.91 Å². The largest absolute Gasteiger partial charge is 0.338 e. The summed E-state index contributed by atoms with van der Waals surface area (Å²) in [6.45, 7) is 4.25. The quantitative estimate of drug-likeness (QED) is 0.875. The fourth-order valence-corrected chi connectivity index (χ4v) is 2.86. The average Bonchev–Trinajstić information content (AvgIpc) is 2.76. The van der Waals surface area contributed by atoms with Gasteiger partial charge in [-0.15, -0.1) is 5.10 Å². The van der Waals surface area contributed by atoms with Crippen molar-refractivity contribution in [2.45, 2.75) is 26.2 Å². The van der Waals surface area contributed by atoms with Gasteiger partial charge in [-0.3, -0.25) is 4.79 Å². The maximum absolute atomic E-state index is 12.2. The van der Waals surface area contributed by atoms with E-state index in [1.807, 2.05) is 11.8 Å². The zero-order chi connectivity index (χ0) is 12.3. The van der Waals surface area contributed by atoms with Crippen molar-refractivity contribution in [3.05, 3.63) is 10.6 Å². The maximum Gasteiger partial charge on any atom is 0.267 e. The minimum absolute atomic E-state index is 0.0868. The molecule has 2 heterocycles. The molecule has 0 atom stereocenters. The molecule has 0 spiro atoms. The summed E-state index contributed by atoms with van der Waals surface area (Å²) in [5.41, 5.74) is 6.30. The molecule has 1 aliphatic rings. The van der Waals surface area contributed by atoms with Crippen molar-refractivity contribution in [3.8, 4) is 0 Å². The highest BCUT2D eigenvalue weighted by Gasteiger charge is 2.25. The van der Waals surface area contributed by atoms with E-state index in [4.69, 9.17) is 5.73 Å². The summed E-state index contributed by atoms with van der Waals surface area (Å²) >= 11 is 1.19. The van der Waals surface area contributed by atoms with Crippen LogP contribution in [0.4, 0.5) is 0 Å². The zero-order valence-corrected chi connectivity index (χ0v) is 10.9. The predicted octanol–water partition coefficient (Wildman–Crippen LogP) is 1.05. The molecule has 2 N–H and O–H groups in total. The Morgan fingerprint density at radius 2 is 2.24 bits per heavy atom. The van der Waals surface area contributed by atoms with E-state index in [-0.39, 0.29) is 5.91 Å². The number of hydrogen-bond donors (Lipinski definition) is 1. The summed E-state index contributed by atoms with van der Waals surface area (Å²) in [4.78, 5) is 14.8. The number of amides is 1. The summed E-state index contributed by atoms with van der Waals surface area (Å²) in [6.07, 6.45) is 3.20. The van der Waals surface area contributed by atoms with Crippen LogP contribution in [0.1, 0.15) is 34.6 Å². The number of likely N-dealkylation sites (tertiary alicyclic amines) is 1. The molecular formula is C11H18N4OS. The van der Waals surface area contributed by atoms with Gasteiger partial charge in [0.2, 0.25) is 0 Å². The molecule has 0 aliphatic carbocycles. The zero-order valence-electron chi connectivity index (χ0n) is 10.1. The second-order valence-corrected chi connectivity index (χ2v) is 5.25. The lowest BCUT2D eigenvalue weighted by molar-refractivity contribution is 0.0692. The molecule has 1 amide bonds. The van der Waals surface area contributed by atoms with Gasteiger partial charge in [-0.2, -0.15) is 0 Å². The van der Waals surface area contributed by atoms with Gasteiger partial charge >= 0.3 is 0 Å². The number of carbonyl (C=O) groups excluding carboxylic acids is 1. The van der Waals surface area contributed by atoms with Crippen LogP contribution in [-0.2, 0) is 0 Å². The van der Waals surface area contributed by atoms with Gasteiger partial charge in [0.1, 0.15) is 4.88 Å². The van der Waals surface area contributed by atoms with E-state index in [9.17, 15) is 4.79 Å². The third-order valence-electron chi connectivity index (χ3n) is 3.32. The Kier molecular flexibility index (Phi) is 4.06. The van der Waals surface area contributed by atoms with Gasteiger partial charge < -0.3 is 10.6 Å². The SMILES string of the molecule is Cc1nnsc1C(=O)N1CCC(CCN)CC1. The van der Waals surface area contributed by atoms with E-state index in [1.165, 1.54) is 11.5 Å². The molecule has 0 saturated carbocycles. The van der Waals surface area contributed by atoms with E-state index in [0.29, 0.717) is 10.8 Å². The minimum Gasteiger partial charge on any atom is -0.338 e. The van der Waals surface area contributed by atoms with E-state index < -0.39 is 0 Å². The monoisotopic (exact) mass is 254 g/mol. The first kappa shape index (κ1) is 12.4. The van der Waals surface area contributed by atoms with E-state index in [1.54, 1.807) is 0 Å². The molecule has 94 valence electrons. The third-order valence-corrected chi connectivity index (χ3v) is 4.14. The van der Waals surface area contributed by atoms with Gasteiger partial charge in [-0.05, 0) is 50.2 Å². The second kappa shape index (κ2) is 5.55. The molecule has 2 rings (SSSR count). The molecule has 0 unspecified atom stereocenters. The predicted molar refractivity (Wildman–Crippen MR) is 66.9 cm³/mol. The maximum atomic E-state index is 12.2. The number of rotatable bonds is 3. The summed E-state index contributed by atoms with van der Waals surface area (Å²) in [5.74, 6) is 0.772. The fraction of sp³-hybridized carbons (Fsp3) is 0.727. The number of piperidine rings is 1. The van der Waals surface area contributed by atoms with Crippen LogP contribution in [0, 0.1) is 12.8 Å². The molecule has 1 aliphatic heterocycles. The first-order valence-corrected chi connectivity index (χ1v) is 6.78. The minimum atomic E-state index is 0.0868. The lowest BCUT2D eigenvalue weighted by Gasteiger charge is -2.31. The standard InChI is InChI=1S/C11H18N4OS/c1-8-10(17-14-13-8)11(16)15-6-3-9(2-5-12)4-7-15/h9H,2-7,12H2,1H3. The molecule has 0 radical (unpaired) electrons. The van der Waals surface area contributed by atoms with Crippen molar-refractivity contribution < 1.29 is 4.79 Å². The van der Waals surface area contributed by atoms with Crippen molar-refractivity contribution in [2.75, 3.05) is 19.6 Å². The smallest absolute Gasteiger partial charge is 0.267 e. The van der Waals surface area contributed by atoms with E-state index in [0.717, 1.165) is 44.6 Å². The van der Waals surface area contributed by atoms with Gasteiger partial charge in [-0.25, -0.2) is 0 Å². The summed E-state index contributed by atoms with van der Waals surface area (Å²) in [6, 6.07) is 0. The van der Waals surface area contributed by atoms with Gasteiger partial charge in [0, 0.05) is 13.1 Å². The third kappa shape index (κ3) is 2.81. The number of nitrogens with zero attached hydrogens (tertiary/aromatic N) is 3. The highest BCUT2D eigenvalue weighted by atomic mass is 32.1. The van der Waals surface area contributed by atoms with Crippen molar-refractivity contribution >= 4 is 17.4 Å². The Morgan fingerprint density at radius 1 is 1.53 bits per heavy atom. The van der Waals surface area contributed by atoms with Crippen LogP contribution in [0.2, 0.25) is 0 Å². The van der Waals surface area contributed by atoms with Crippen LogP contribution in [-0.4, -0.2) is 40.0 Å². The van der Waals surface area contributed by atoms with Crippen LogP contribution in [0.25, 0.3) is 0 Å². The van der Waals surface area contributed by atoms with E-state index >= 15 is 0 Å². The molecule has 5 nitrogen and oxygen atoms in total. The normalized spacial score (nSPS) is 17.4. The summed E-state index contributed by atoms with van der Waals surface area (Å²) < 4.78 is 3.81. The molecule has 1 fully saturated rings. The molecule has 1 aromatic heterocycles. The molecule has 1 saturated heterocycles. The first-order valence-electron chi connectivity index (χ1n) is 6.00. The van der Waals surface area contributed by atoms with Crippen LogP contribution in [0.15, 0.2) is 0 Å². The molecular weight excluding hydrogens is 236 g/mol. The number of hydrogen-bond acceptors (Lipinski definition) is 5. The summed E-state index contributed by atoms with van der Waals surface area (Å²) in [7, 11) is 0. The lowest BCUT2D eigenvalue weighted by atomic mass is 9.93. The number of aromatic nitrogens is 2. The number of carbonyl (C=O) groups is 1. The highest BCUT2D eigenvalue weighted by molar-refractivity contribution is 7.07. The average molecular weight is 254 g/mol. The number of aryl methyl sites for hydroxylation is 1. The topological polar surface area (TPSA) is 72.1 Å². The Hall–Kier alpha value is -1.01. The van der Waals surface area contributed by atoms with Crippen molar-refractivity contribution in [1.82, 2.24) is 14.5 Å². The van der Waals surface area contributed by atoms with Crippen molar-refractivity contribution in [2.24, 2.45) is 11.7 Å².